The van der Waals surface area contributed by atoms with Crippen molar-refractivity contribution in [1.29, 1.82) is 0 Å². The molecule has 3 aromatic rings. The quantitative estimate of drug-likeness (QED) is 0.376. The molecule has 0 radical (unpaired) electrons. The molecule has 5 rings (SSSR count). The van der Waals surface area contributed by atoms with Gasteiger partial charge in [-0.2, -0.15) is 4.98 Å². The van der Waals surface area contributed by atoms with Gasteiger partial charge in [-0.3, -0.25) is 4.79 Å². The predicted molar refractivity (Wildman–Crippen MR) is 139 cm³/mol. The lowest BCUT2D eigenvalue weighted by Gasteiger charge is -2.38. The van der Waals surface area contributed by atoms with E-state index in [0.29, 0.717) is 38.7 Å². The van der Waals surface area contributed by atoms with E-state index >= 15 is 0 Å². The van der Waals surface area contributed by atoms with Gasteiger partial charge in [0.25, 0.3) is 0 Å². The first-order chi connectivity index (χ1) is 16.1. The lowest BCUT2D eigenvalue weighted by atomic mass is 9.73. The first-order valence-corrected chi connectivity index (χ1v) is 13.0. The Labute approximate surface area is 213 Å². The third kappa shape index (κ3) is 4.28. The first kappa shape index (κ1) is 23.5. The van der Waals surface area contributed by atoms with Crippen LogP contribution in [0.4, 0.5) is 5.95 Å². The Morgan fingerprint density at radius 1 is 1.15 bits per heavy atom. The summed E-state index contributed by atoms with van der Waals surface area (Å²) in [7, 11) is 0. The average molecular weight is 513 g/mol. The summed E-state index contributed by atoms with van der Waals surface area (Å²) in [5.41, 5.74) is 5.85. The Morgan fingerprint density at radius 2 is 1.88 bits per heavy atom. The van der Waals surface area contributed by atoms with Gasteiger partial charge in [-0.05, 0) is 48.9 Å². The van der Waals surface area contributed by atoms with Crippen LogP contribution >= 0.6 is 35.0 Å². The van der Waals surface area contributed by atoms with E-state index in [1.165, 1.54) is 16.7 Å². The Balaban J connectivity index is 1.56. The van der Waals surface area contributed by atoms with Crippen molar-refractivity contribution < 1.29 is 4.79 Å². The van der Waals surface area contributed by atoms with Gasteiger partial charge in [0.1, 0.15) is 6.04 Å². The highest BCUT2D eigenvalue weighted by Gasteiger charge is 2.43. The number of hydrogen-bond donors (Lipinski definition) is 1. The molecule has 0 unspecified atom stereocenters. The summed E-state index contributed by atoms with van der Waals surface area (Å²) in [6.07, 6.45) is 1.20. The van der Waals surface area contributed by atoms with Crippen LogP contribution in [0.5, 0.6) is 0 Å². The molecule has 5 nitrogen and oxygen atoms in total. The molecule has 1 aliphatic carbocycles. The highest BCUT2D eigenvalue weighted by Crippen LogP contribution is 2.48. The molecule has 2 aliphatic rings. The van der Waals surface area contributed by atoms with Gasteiger partial charge in [0.05, 0.1) is 0 Å². The fourth-order valence-corrected chi connectivity index (χ4v) is 6.35. The SMILES string of the molecule is Cc1ccc(CSc2nc3n(n2)[C@@H](c2c(Cl)cccc2Cl)C2=C(CC(C)(C)CC2=O)N3)c(C)c1. The third-order valence-corrected chi connectivity index (χ3v) is 7.99. The number of aryl methyl sites for hydroxylation is 2. The summed E-state index contributed by atoms with van der Waals surface area (Å²) in [6, 6.07) is 11.4. The van der Waals surface area contributed by atoms with Crippen molar-refractivity contribution in [2.75, 3.05) is 5.32 Å². The van der Waals surface area contributed by atoms with Crippen LogP contribution in [0.15, 0.2) is 52.8 Å². The van der Waals surface area contributed by atoms with Gasteiger partial charge in [0, 0.05) is 39.1 Å². The van der Waals surface area contributed by atoms with Crippen molar-refractivity contribution in [2.45, 2.75) is 57.5 Å². The second-order valence-electron chi connectivity index (χ2n) is 9.88. The van der Waals surface area contributed by atoms with Crippen LogP contribution < -0.4 is 5.32 Å². The number of benzene rings is 2. The molecule has 8 heteroatoms. The summed E-state index contributed by atoms with van der Waals surface area (Å²) in [5.74, 6) is 1.45. The monoisotopic (exact) mass is 512 g/mol. The maximum Gasteiger partial charge on any atom is 0.227 e. The molecule has 1 atom stereocenters. The molecule has 176 valence electrons. The number of nitrogens with one attached hydrogen (secondary N) is 1. The number of hydrogen-bond acceptors (Lipinski definition) is 5. The number of thioether (sulfide) groups is 1. The fraction of sp³-hybridized carbons (Fsp3) is 0.346. The number of halogens is 2. The van der Waals surface area contributed by atoms with Gasteiger partial charge in [-0.15, -0.1) is 5.10 Å². The predicted octanol–water partition coefficient (Wildman–Crippen LogP) is 7.15. The second-order valence-corrected chi connectivity index (χ2v) is 11.6. The van der Waals surface area contributed by atoms with Crippen LogP contribution in [-0.2, 0) is 10.5 Å². The summed E-state index contributed by atoms with van der Waals surface area (Å²) >= 11 is 14.8. The van der Waals surface area contributed by atoms with Crippen molar-refractivity contribution in [2.24, 2.45) is 5.41 Å². The fourth-order valence-electron chi connectivity index (χ4n) is 4.84. The number of rotatable bonds is 4. The van der Waals surface area contributed by atoms with Crippen LogP contribution in [0.3, 0.4) is 0 Å². The highest BCUT2D eigenvalue weighted by atomic mass is 35.5. The zero-order chi connectivity index (χ0) is 24.2. The molecule has 0 saturated heterocycles. The van der Waals surface area contributed by atoms with Crippen LogP contribution in [0.1, 0.15) is 55.0 Å². The molecular formula is C26H26Cl2N4OS. The number of aromatic nitrogens is 3. The van der Waals surface area contributed by atoms with E-state index in [-0.39, 0.29) is 11.2 Å². The lowest BCUT2D eigenvalue weighted by Crippen LogP contribution is -2.36. The first-order valence-electron chi connectivity index (χ1n) is 11.3. The number of nitrogens with zero attached hydrogens (tertiary/aromatic N) is 3. The Bertz CT molecular complexity index is 1320. The zero-order valence-electron chi connectivity index (χ0n) is 19.6. The molecular weight excluding hydrogens is 487 g/mol. The lowest BCUT2D eigenvalue weighted by molar-refractivity contribution is -0.118. The van der Waals surface area contributed by atoms with Crippen molar-refractivity contribution in [3.8, 4) is 0 Å². The number of Topliss-reactive ketones (excluding diaryl/α,β-unsaturated/α-hetero) is 1. The summed E-state index contributed by atoms with van der Waals surface area (Å²) in [4.78, 5) is 18.2. The normalized spacial score (nSPS) is 19.0. The topological polar surface area (TPSA) is 59.8 Å². The maximum absolute atomic E-state index is 13.4. The van der Waals surface area contributed by atoms with Crippen LogP contribution in [0.25, 0.3) is 0 Å². The Hall–Kier alpha value is -2.28. The van der Waals surface area contributed by atoms with E-state index in [1.54, 1.807) is 28.6 Å². The molecule has 1 aromatic heterocycles. The minimum Gasteiger partial charge on any atom is -0.328 e. The van der Waals surface area contributed by atoms with Gasteiger partial charge in [-0.25, -0.2) is 4.68 Å². The van der Waals surface area contributed by atoms with E-state index in [0.717, 1.165) is 17.9 Å². The average Bonchev–Trinajstić information content (AvgIpc) is 3.14. The van der Waals surface area contributed by atoms with Gasteiger partial charge in [0.15, 0.2) is 5.78 Å². The number of carbonyl (C=O) groups excluding carboxylic acids is 1. The van der Waals surface area contributed by atoms with Gasteiger partial charge >= 0.3 is 0 Å². The van der Waals surface area contributed by atoms with Crippen molar-refractivity contribution in [3.05, 3.63) is 80.0 Å². The number of fused-ring (bicyclic) bond motifs is 1. The van der Waals surface area contributed by atoms with E-state index in [1.807, 2.05) is 6.07 Å². The van der Waals surface area contributed by atoms with Gasteiger partial charge in [0.2, 0.25) is 11.1 Å². The molecule has 0 bridgehead atoms. The standard InChI is InChI=1S/C26H26Cl2N4OS/c1-14-8-9-16(15(2)10-14)13-34-25-30-24-29-19-11-26(3,4)12-20(33)22(19)23(32(24)31-25)21-17(27)6-5-7-18(21)28/h5-10,23H,11-13H2,1-4H3,(H,29,30,31)/t23-/m0/s1. The third-order valence-electron chi connectivity index (χ3n) is 6.44. The number of ketones is 1. The van der Waals surface area contributed by atoms with Crippen molar-refractivity contribution >= 4 is 46.7 Å². The minimum absolute atomic E-state index is 0.0883. The minimum atomic E-state index is -0.515. The van der Waals surface area contributed by atoms with Crippen LogP contribution in [-0.4, -0.2) is 20.5 Å². The Kier molecular flexibility index (Phi) is 6.03. The van der Waals surface area contributed by atoms with Gasteiger partial charge in [-0.1, -0.05) is 78.6 Å². The summed E-state index contributed by atoms with van der Waals surface area (Å²) in [6.45, 7) is 8.44. The molecule has 0 spiro atoms. The van der Waals surface area contributed by atoms with E-state index in [2.05, 4.69) is 51.2 Å². The molecule has 2 aromatic carbocycles. The van der Waals surface area contributed by atoms with Crippen LogP contribution in [0, 0.1) is 19.3 Å². The molecule has 34 heavy (non-hydrogen) atoms. The number of carbonyl (C=O) groups is 1. The number of allylic oxidation sites excluding steroid dienone is 2. The molecule has 0 amide bonds. The van der Waals surface area contributed by atoms with E-state index in [4.69, 9.17) is 33.3 Å². The second kappa shape index (κ2) is 8.74. The summed E-state index contributed by atoms with van der Waals surface area (Å²) in [5, 5.41) is 9.89. The van der Waals surface area contributed by atoms with Crippen molar-refractivity contribution in [3.63, 3.8) is 0 Å². The number of anilines is 1. The zero-order valence-corrected chi connectivity index (χ0v) is 21.9. The molecule has 1 N–H and O–H groups in total. The van der Waals surface area contributed by atoms with E-state index < -0.39 is 6.04 Å². The summed E-state index contributed by atoms with van der Waals surface area (Å²) < 4.78 is 1.77. The molecule has 0 fully saturated rings. The molecule has 2 heterocycles. The Morgan fingerprint density at radius 3 is 2.59 bits per heavy atom. The van der Waals surface area contributed by atoms with Gasteiger partial charge < -0.3 is 5.32 Å². The smallest absolute Gasteiger partial charge is 0.227 e. The van der Waals surface area contributed by atoms with E-state index in [9.17, 15) is 4.79 Å². The largest absolute Gasteiger partial charge is 0.328 e. The highest BCUT2D eigenvalue weighted by molar-refractivity contribution is 7.98. The molecule has 0 saturated carbocycles. The maximum atomic E-state index is 13.4. The van der Waals surface area contributed by atoms with Crippen molar-refractivity contribution in [1.82, 2.24) is 14.8 Å². The van der Waals surface area contributed by atoms with Crippen LogP contribution in [0.2, 0.25) is 10.0 Å². The molecule has 1 aliphatic heterocycles.